The SMILES string of the molecule is CCCCCCC/C=C\C/C=C\C/C=C\CCCCCCCCCCCCCCCCCCCCC(=O)NC(COP(=O)(O)OCC[N+](C)(C)C)C(O)/C=C/CC/C=C/CC/C=C/CCCCCCCCCCCCCCCC. The van der Waals surface area contributed by atoms with Crippen LogP contribution in [0.2, 0.25) is 0 Å². The van der Waals surface area contributed by atoms with Gasteiger partial charge in [0.05, 0.1) is 39.9 Å². The van der Waals surface area contributed by atoms with Crippen LogP contribution in [0.3, 0.4) is 0 Å². The average Bonchev–Trinajstić information content (AvgIpc) is 3.42. The largest absolute Gasteiger partial charge is 0.472 e. The van der Waals surface area contributed by atoms with Gasteiger partial charge in [-0.2, -0.15) is 0 Å². The molecular weight excluding hydrogens is 996 g/mol. The smallest absolute Gasteiger partial charge is 0.387 e. The number of quaternary nitrogens is 1. The van der Waals surface area contributed by atoms with E-state index in [1.807, 2.05) is 27.2 Å². The van der Waals surface area contributed by atoms with Crippen LogP contribution in [0.15, 0.2) is 72.9 Å². The Hall–Kier alpha value is -2.06. The normalized spacial score (nSPS) is 14.2. The molecule has 0 fully saturated rings. The number of aliphatic hydroxyl groups excluding tert-OH is 1. The molecule has 0 bridgehead atoms. The van der Waals surface area contributed by atoms with Gasteiger partial charge in [0.25, 0.3) is 0 Å². The van der Waals surface area contributed by atoms with Crippen LogP contribution in [0.4, 0.5) is 0 Å². The lowest BCUT2D eigenvalue weighted by Crippen LogP contribution is -2.45. The third-order valence-electron chi connectivity index (χ3n) is 15.1. The summed E-state index contributed by atoms with van der Waals surface area (Å²) >= 11 is 0. The maximum absolute atomic E-state index is 13.0. The highest BCUT2D eigenvalue weighted by molar-refractivity contribution is 7.47. The van der Waals surface area contributed by atoms with Gasteiger partial charge in [-0.25, -0.2) is 4.57 Å². The van der Waals surface area contributed by atoms with Crippen molar-refractivity contribution in [2.45, 2.75) is 328 Å². The lowest BCUT2D eigenvalue weighted by molar-refractivity contribution is -0.870. The first kappa shape index (κ1) is 76.9. The highest BCUT2D eigenvalue weighted by Crippen LogP contribution is 2.43. The number of likely N-dealkylation sites (N-methyl/N-ethyl adjacent to an activating group) is 1. The molecule has 0 aromatic heterocycles. The summed E-state index contributed by atoms with van der Waals surface area (Å²) in [6.07, 6.45) is 84.7. The van der Waals surface area contributed by atoms with Crippen LogP contribution in [0, 0.1) is 0 Å². The fourth-order valence-corrected chi connectivity index (χ4v) is 10.6. The molecule has 0 aliphatic heterocycles. The Kier molecular flexibility index (Phi) is 59.0. The van der Waals surface area contributed by atoms with Crippen molar-refractivity contribution >= 4 is 13.7 Å². The summed E-state index contributed by atoms with van der Waals surface area (Å²) in [5.74, 6) is -0.188. The first-order chi connectivity index (χ1) is 38.5. The summed E-state index contributed by atoms with van der Waals surface area (Å²) < 4.78 is 23.8. The van der Waals surface area contributed by atoms with E-state index in [2.05, 4.69) is 79.9 Å². The molecule has 0 heterocycles. The highest BCUT2D eigenvalue weighted by atomic mass is 31.2. The van der Waals surface area contributed by atoms with E-state index in [4.69, 9.17) is 9.05 Å². The Labute approximate surface area is 491 Å². The lowest BCUT2D eigenvalue weighted by Gasteiger charge is -2.25. The predicted octanol–water partition coefficient (Wildman–Crippen LogP) is 21.4. The molecule has 0 aliphatic rings. The molecule has 0 aliphatic carbocycles. The minimum atomic E-state index is -4.37. The van der Waals surface area contributed by atoms with E-state index < -0.39 is 20.0 Å². The Bertz CT molecular complexity index is 1520. The van der Waals surface area contributed by atoms with Crippen molar-refractivity contribution < 1.29 is 32.9 Å². The Morgan fingerprint density at radius 2 is 0.734 bits per heavy atom. The minimum absolute atomic E-state index is 0.0525. The van der Waals surface area contributed by atoms with Gasteiger partial charge in [0, 0.05) is 6.42 Å². The first-order valence-electron chi connectivity index (χ1n) is 33.8. The highest BCUT2D eigenvalue weighted by Gasteiger charge is 2.28. The summed E-state index contributed by atoms with van der Waals surface area (Å²) in [6, 6.07) is -0.873. The van der Waals surface area contributed by atoms with Crippen molar-refractivity contribution in [3.05, 3.63) is 72.9 Å². The number of carbonyl (C=O) groups excluding carboxylic acids is 1. The van der Waals surface area contributed by atoms with E-state index in [0.29, 0.717) is 17.4 Å². The molecule has 0 aromatic carbocycles. The molecule has 0 saturated heterocycles. The van der Waals surface area contributed by atoms with E-state index in [1.165, 1.54) is 238 Å². The Morgan fingerprint density at radius 3 is 1.10 bits per heavy atom. The minimum Gasteiger partial charge on any atom is -0.387 e. The second-order valence-electron chi connectivity index (χ2n) is 24.2. The number of allylic oxidation sites excluding steroid dienone is 11. The zero-order valence-electron chi connectivity index (χ0n) is 52.9. The van der Waals surface area contributed by atoms with Crippen LogP contribution in [-0.2, 0) is 18.4 Å². The summed E-state index contributed by atoms with van der Waals surface area (Å²) in [4.78, 5) is 23.4. The van der Waals surface area contributed by atoms with E-state index in [-0.39, 0.29) is 19.1 Å². The zero-order chi connectivity index (χ0) is 57.7. The number of hydrogen-bond acceptors (Lipinski definition) is 5. The van der Waals surface area contributed by atoms with Crippen molar-refractivity contribution in [1.29, 1.82) is 0 Å². The molecule has 0 spiro atoms. The molecule has 0 rings (SSSR count). The van der Waals surface area contributed by atoms with Crippen LogP contribution in [0.25, 0.3) is 0 Å². The molecule has 462 valence electrons. The Morgan fingerprint density at radius 1 is 0.430 bits per heavy atom. The van der Waals surface area contributed by atoms with Crippen LogP contribution < -0.4 is 5.32 Å². The van der Waals surface area contributed by atoms with E-state index in [0.717, 1.165) is 57.8 Å². The number of nitrogens with one attached hydrogen (secondary N) is 1. The fraction of sp³-hybridized carbons (Fsp3) is 0.814. The molecule has 0 saturated carbocycles. The number of hydrogen-bond donors (Lipinski definition) is 3. The number of rotatable bonds is 62. The maximum Gasteiger partial charge on any atom is 0.472 e. The topological polar surface area (TPSA) is 105 Å². The van der Waals surface area contributed by atoms with Gasteiger partial charge in [-0.3, -0.25) is 13.8 Å². The number of phosphoric ester groups is 1. The van der Waals surface area contributed by atoms with Crippen LogP contribution in [0.1, 0.15) is 316 Å². The Balaban J connectivity index is 4.12. The zero-order valence-corrected chi connectivity index (χ0v) is 53.8. The molecular formula is C70H132N2O6P+. The molecule has 3 unspecified atom stereocenters. The number of unbranched alkanes of at least 4 members (excludes halogenated alkanes) is 39. The van der Waals surface area contributed by atoms with E-state index in [1.54, 1.807) is 6.08 Å². The maximum atomic E-state index is 13.0. The van der Waals surface area contributed by atoms with Crippen LogP contribution >= 0.6 is 7.82 Å². The van der Waals surface area contributed by atoms with Crippen LogP contribution in [-0.4, -0.2) is 73.4 Å². The van der Waals surface area contributed by atoms with Gasteiger partial charge < -0.3 is 19.8 Å². The molecule has 0 radical (unpaired) electrons. The average molecular weight is 1130 g/mol. The predicted molar refractivity (Wildman–Crippen MR) is 346 cm³/mol. The number of aliphatic hydroxyl groups is 1. The second-order valence-corrected chi connectivity index (χ2v) is 25.6. The van der Waals surface area contributed by atoms with Gasteiger partial charge in [-0.05, 0) is 83.5 Å². The number of amides is 1. The van der Waals surface area contributed by atoms with Crippen molar-refractivity contribution in [2.24, 2.45) is 0 Å². The molecule has 1 amide bonds. The van der Waals surface area contributed by atoms with Gasteiger partial charge in [0.15, 0.2) is 0 Å². The molecule has 3 N–H and O–H groups in total. The molecule has 8 nitrogen and oxygen atoms in total. The van der Waals surface area contributed by atoms with E-state index >= 15 is 0 Å². The van der Waals surface area contributed by atoms with Gasteiger partial charge in [0.1, 0.15) is 13.2 Å². The van der Waals surface area contributed by atoms with Gasteiger partial charge in [-0.1, -0.05) is 299 Å². The molecule has 79 heavy (non-hydrogen) atoms. The molecule has 3 atom stereocenters. The first-order valence-corrected chi connectivity index (χ1v) is 35.3. The summed E-state index contributed by atoms with van der Waals surface area (Å²) in [6.45, 7) is 4.81. The number of nitrogens with zero attached hydrogens (tertiary/aromatic N) is 1. The van der Waals surface area contributed by atoms with Crippen molar-refractivity contribution in [1.82, 2.24) is 5.32 Å². The van der Waals surface area contributed by atoms with E-state index in [9.17, 15) is 19.4 Å². The monoisotopic (exact) mass is 1130 g/mol. The number of carbonyl (C=O) groups is 1. The van der Waals surface area contributed by atoms with Crippen molar-refractivity contribution in [3.8, 4) is 0 Å². The molecule has 9 heteroatoms. The third kappa shape index (κ3) is 63.4. The van der Waals surface area contributed by atoms with Crippen molar-refractivity contribution in [2.75, 3.05) is 40.9 Å². The van der Waals surface area contributed by atoms with Crippen LogP contribution in [0.5, 0.6) is 0 Å². The lowest BCUT2D eigenvalue weighted by atomic mass is 10.0. The number of phosphoric acid groups is 1. The summed E-state index contributed by atoms with van der Waals surface area (Å²) in [5.41, 5.74) is 0. The van der Waals surface area contributed by atoms with Gasteiger partial charge >= 0.3 is 7.82 Å². The molecule has 0 aromatic rings. The summed E-state index contributed by atoms with van der Waals surface area (Å²) in [7, 11) is 1.55. The van der Waals surface area contributed by atoms with Gasteiger partial charge in [0.2, 0.25) is 5.91 Å². The van der Waals surface area contributed by atoms with Crippen molar-refractivity contribution in [3.63, 3.8) is 0 Å². The third-order valence-corrected chi connectivity index (χ3v) is 16.1. The summed E-state index contributed by atoms with van der Waals surface area (Å²) in [5, 5.41) is 14.0. The quantitative estimate of drug-likeness (QED) is 0.0243. The van der Waals surface area contributed by atoms with Gasteiger partial charge in [-0.15, -0.1) is 0 Å². The standard InChI is InChI=1S/C70H131N2O6P/c1-6-8-10-12-14-16-18-20-22-24-26-28-30-32-33-34-35-36-37-38-39-40-42-44-46-48-50-52-54-56-58-60-62-64-70(74)71-68(67-78-79(75,76)77-66-65-72(3,4)5)69(73)63-61-59-57-55-53-51-49-47-45-43-41-31-29-27-25-23-21-19-17-15-13-11-9-7-2/h18,20,24,26,30,32,45,47,53,55,61,63,68-69,73H,6-17,19,21-23,25,27-29,31,33-44,46,48-52,54,56-60,62,64-67H2,1-5H3,(H-,71,74,75,76)/p+1/b20-18-,26-24-,32-30-,47-45+,55-53+,63-61+. The fourth-order valence-electron chi connectivity index (χ4n) is 9.85. The second kappa shape index (κ2) is 60.5.